The molecule has 1 aliphatic rings. The van der Waals surface area contributed by atoms with Crippen LogP contribution in [0.3, 0.4) is 0 Å². The molecule has 156 valence electrons. The molecule has 0 aliphatic heterocycles. The first-order valence-electron chi connectivity index (χ1n) is 9.09. The molecular weight excluding hydrogens is 392 g/mol. The van der Waals surface area contributed by atoms with Crippen molar-refractivity contribution < 1.29 is 36.9 Å². The second-order valence-electron chi connectivity index (χ2n) is 7.27. The van der Waals surface area contributed by atoms with Crippen LogP contribution in [-0.4, -0.2) is 23.8 Å². The fourth-order valence-electron chi connectivity index (χ4n) is 3.05. The van der Waals surface area contributed by atoms with Gasteiger partial charge in [-0.3, -0.25) is 4.79 Å². The van der Waals surface area contributed by atoms with E-state index in [-0.39, 0.29) is 29.8 Å². The Bertz CT molecular complexity index is 908. The summed E-state index contributed by atoms with van der Waals surface area (Å²) < 4.78 is 65.7. The van der Waals surface area contributed by atoms with Crippen molar-refractivity contribution in [2.75, 3.05) is 6.61 Å². The van der Waals surface area contributed by atoms with Crippen molar-refractivity contribution in [2.45, 2.75) is 32.5 Å². The maximum Gasteiger partial charge on any atom is 0.419 e. The Morgan fingerprint density at radius 1 is 1.21 bits per heavy atom. The van der Waals surface area contributed by atoms with Gasteiger partial charge in [0, 0.05) is 11.5 Å². The quantitative estimate of drug-likeness (QED) is 0.619. The van der Waals surface area contributed by atoms with Crippen LogP contribution in [0.15, 0.2) is 36.4 Å². The SMILES string of the molecule is CC(C)Oc1ccc(F)c(-c2ccc(OCC3CC3C(=O)O)c(C(F)(F)F)c2)c1. The van der Waals surface area contributed by atoms with Crippen LogP contribution in [0.25, 0.3) is 11.1 Å². The van der Waals surface area contributed by atoms with Crippen LogP contribution in [0.4, 0.5) is 17.6 Å². The molecule has 2 aromatic carbocycles. The minimum absolute atomic E-state index is 0.0201. The third-order valence-corrected chi connectivity index (χ3v) is 4.60. The molecule has 4 nitrogen and oxygen atoms in total. The van der Waals surface area contributed by atoms with Crippen LogP contribution >= 0.6 is 0 Å². The standard InChI is InChI=1S/C21H20F4O4/c1-11(2)29-14-4-5-18(22)15(9-14)12-3-6-19(17(8-12)21(23,24)25)28-10-13-7-16(13)20(26)27/h3-6,8-9,11,13,16H,7,10H2,1-2H3,(H,26,27). The Hall–Kier alpha value is -2.77. The van der Waals surface area contributed by atoms with E-state index in [4.69, 9.17) is 14.6 Å². The van der Waals surface area contributed by atoms with Crippen molar-refractivity contribution in [3.05, 3.63) is 47.8 Å². The Kier molecular flexibility index (Phi) is 5.73. The average molecular weight is 412 g/mol. The Balaban J connectivity index is 1.89. The predicted molar refractivity (Wildman–Crippen MR) is 97.3 cm³/mol. The number of halogens is 4. The molecule has 0 bridgehead atoms. The first kappa shape index (κ1) is 21.0. The van der Waals surface area contributed by atoms with Crippen LogP contribution in [0.5, 0.6) is 11.5 Å². The molecule has 2 unspecified atom stereocenters. The summed E-state index contributed by atoms with van der Waals surface area (Å²) in [7, 11) is 0. The van der Waals surface area contributed by atoms with Gasteiger partial charge in [0.1, 0.15) is 17.3 Å². The molecular formula is C21H20F4O4. The van der Waals surface area contributed by atoms with Gasteiger partial charge in [0.15, 0.2) is 0 Å². The smallest absolute Gasteiger partial charge is 0.419 e. The maximum absolute atomic E-state index is 14.3. The van der Waals surface area contributed by atoms with Gasteiger partial charge in [0.25, 0.3) is 0 Å². The van der Waals surface area contributed by atoms with E-state index < -0.39 is 35.2 Å². The second-order valence-corrected chi connectivity index (χ2v) is 7.27. The normalized spacial score (nSPS) is 18.6. The lowest BCUT2D eigenvalue weighted by Crippen LogP contribution is -2.12. The summed E-state index contributed by atoms with van der Waals surface area (Å²) in [6.45, 7) is 3.45. The molecule has 0 radical (unpaired) electrons. The predicted octanol–water partition coefficient (Wildman–Crippen LogP) is 5.40. The van der Waals surface area contributed by atoms with Gasteiger partial charge < -0.3 is 14.6 Å². The lowest BCUT2D eigenvalue weighted by Gasteiger charge is -2.16. The van der Waals surface area contributed by atoms with Crippen molar-refractivity contribution in [3.63, 3.8) is 0 Å². The Morgan fingerprint density at radius 3 is 2.52 bits per heavy atom. The zero-order chi connectivity index (χ0) is 21.3. The van der Waals surface area contributed by atoms with Crippen molar-refractivity contribution in [2.24, 2.45) is 11.8 Å². The van der Waals surface area contributed by atoms with Crippen LogP contribution < -0.4 is 9.47 Å². The number of aliphatic carboxylic acids is 1. The highest BCUT2D eigenvalue weighted by Gasteiger charge is 2.44. The summed E-state index contributed by atoms with van der Waals surface area (Å²) in [5.41, 5.74) is -1.03. The van der Waals surface area contributed by atoms with Crippen LogP contribution in [-0.2, 0) is 11.0 Å². The van der Waals surface area contributed by atoms with Crippen LogP contribution in [0.2, 0.25) is 0 Å². The highest BCUT2D eigenvalue weighted by molar-refractivity contribution is 5.73. The van der Waals surface area contributed by atoms with Crippen molar-refractivity contribution >= 4 is 5.97 Å². The molecule has 1 aliphatic carbocycles. The van der Waals surface area contributed by atoms with Gasteiger partial charge in [0.2, 0.25) is 0 Å². The van der Waals surface area contributed by atoms with Gasteiger partial charge >= 0.3 is 12.1 Å². The lowest BCUT2D eigenvalue weighted by molar-refractivity contribution is -0.140. The maximum atomic E-state index is 14.3. The Morgan fingerprint density at radius 2 is 1.93 bits per heavy atom. The van der Waals surface area contributed by atoms with Gasteiger partial charge in [-0.1, -0.05) is 6.07 Å². The molecule has 1 fully saturated rings. The number of carboxylic acids is 1. The van der Waals surface area contributed by atoms with E-state index in [1.54, 1.807) is 13.8 Å². The fraction of sp³-hybridized carbons (Fsp3) is 0.381. The van der Waals surface area contributed by atoms with Crippen molar-refractivity contribution in [1.82, 2.24) is 0 Å². The first-order valence-corrected chi connectivity index (χ1v) is 9.09. The van der Waals surface area contributed by atoms with Gasteiger partial charge in [0.05, 0.1) is 24.2 Å². The second kappa shape index (κ2) is 7.93. The molecule has 0 spiro atoms. The number of ether oxygens (including phenoxy) is 2. The average Bonchev–Trinajstić information content (AvgIpc) is 3.40. The molecule has 1 saturated carbocycles. The van der Waals surface area contributed by atoms with Crippen LogP contribution in [0.1, 0.15) is 25.8 Å². The highest BCUT2D eigenvalue weighted by Crippen LogP contribution is 2.42. The van der Waals surface area contributed by atoms with E-state index in [1.807, 2.05) is 0 Å². The molecule has 3 rings (SSSR count). The van der Waals surface area contributed by atoms with Gasteiger partial charge in [-0.15, -0.1) is 0 Å². The molecule has 1 N–H and O–H groups in total. The van der Waals surface area contributed by atoms with Crippen molar-refractivity contribution in [1.29, 1.82) is 0 Å². The zero-order valence-electron chi connectivity index (χ0n) is 15.8. The van der Waals surface area contributed by atoms with Gasteiger partial charge in [-0.25, -0.2) is 4.39 Å². The minimum Gasteiger partial charge on any atom is -0.493 e. The third-order valence-electron chi connectivity index (χ3n) is 4.60. The number of carboxylic acid groups (broad SMARTS) is 1. The molecule has 0 heterocycles. The number of carbonyl (C=O) groups is 1. The fourth-order valence-corrected chi connectivity index (χ4v) is 3.05. The minimum atomic E-state index is -4.72. The number of benzene rings is 2. The van der Waals surface area contributed by atoms with Gasteiger partial charge in [-0.05, 0) is 56.2 Å². The summed E-state index contributed by atoms with van der Waals surface area (Å²) >= 11 is 0. The Labute approximate surface area is 165 Å². The molecule has 0 amide bonds. The van der Waals surface area contributed by atoms with Crippen LogP contribution in [0, 0.1) is 17.7 Å². The summed E-state index contributed by atoms with van der Waals surface area (Å²) in [6, 6.07) is 7.20. The molecule has 29 heavy (non-hydrogen) atoms. The summed E-state index contributed by atoms with van der Waals surface area (Å²) in [5, 5.41) is 8.89. The number of rotatable bonds is 7. The summed E-state index contributed by atoms with van der Waals surface area (Å²) in [6.07, 6.45) is -4.52. The summed E-state index contributed by atoms with van der Waals surface area (Å²) in [5.74, 6) is -2.61. The molecule has 2 atom stereocenters. The zero-order valence-corrected chi connectivity index (χ0v) is 15.8. The highest BCUT2D eigenvalue weighted by atomic mass is 19.4. The number of hydrogen-bond donors (Lipinski definition) is 1. The molecule has 0 aromatic heterocycles. The largest absolute Gasteiger partial charge is 0.493 e. The molecule has 0 saturated heterocycles. The topological polar surface area (TPSA) is 55.8 Å². The van der Waals surface area contributed by atoms with E-state index in [1.165, 1.54) is 18.2 Å². The number of alkyl halides is 3. The first-order chi connectivity index (χ1) is 13.6. The van der Waals surface area contributed by atoms with E-state index in [0.29, 0.717) is 12.2 Å². The van der Waals surface area contributed by atoms with E-state index in [2.05, 4.69) is 0 Å². The van der Waals surface area contributed by atoms with E-state index in [0.717, 1.165) is 18.2 Å². The van der Waals surface area contributed by atoms with E-state index >= 15 is 0 Å². The van der Waals surface area contributed by atoms with E-state index in [9.17, 15) is 22.4 Å². The molecule has 2 aromatic rings. The lowest BCUT2D eigenvalue weighted by atomic mass is 10.0. The monoisotopic (exact) mass is 412 g/mol. The molecule has 8 heteroatoms. The third kappa shape index (κ3) is 4.99. The van der Waals surface area contributed by atoms with Crippen molar-refractivity contribution in [3.8, 4) is 22.6 Å². The number of hydrogen-bond acceptors (Lipinski definition) is 3. The summed E-state index contributed by atoms with van der Waals surface area (Å²) in [4.78, 5) is 10.9. The van der Waals surface area contributed by atoms with Gasteiger partial charge in [-0.2, -0.15) is 13.2 Å².